The molecule has 3 aromatic carbocycles. The summed E-state index contributed by atoms with van der Waals surface area (Å²) in [5.41, 5.74) is 1.38. The van der Waals surface area contributed by atoms with Gasteiger partial charge in [-0.05, 0) is 54.1 Å². The normalized spacial score (nSPS) is 22.1. The average molecular weight is 522 g/mol. The third-order valence-corrected chi connectivity index (χ3v) is 7.80. The summed E-state index contributed by atoms with van der Waals surface area (Å²) < 4.78 is 40.0. The number of carbonyl (C=O) groups is 2. The molecule has 1 amide bonds. The number of hydrogen-bond acceptors (Lipinski definition) is 4. The predicted molar refractivity (Wildman–Crippen MR) is 139 cm³/mol. The molecule has 3 aromatic rings. The number of rotatable bonds is 8. The van der Waals surface area contributed by atoms with Crippen LogP contribution in [0.5, 0.6) is 5.75 Å². The standard InChI is InChI=1S/C30H31F2N2O4/c1-37-25-12-8-22(9-13-25)28(35)19-34-16-14-23(15-17-34)29(20-34)38-30(36)33(27-5-3-2-4-26(27)32)18-21-6-10-24(31)11-7-21/h2-13,23,29H,14-20H2,1H3/q+1/t23?,29-,34?/m0/s1. The molecule has 8 heteroatoms. The number of anilines is 1. The molecule has 0 unspecified atom stereocenters. The van der Waals surface area contributed by atoms with E-state index in [4.69, 9.17) is 9.47 Å². The molecule has 0 spiro atoms. The Morgan fingerprint density at radius 2 is 1.63 bits per heavy atom. The molecule has 0 N–H and O–H groups in total. The van der Waals surface area contributed by atoms with Crippen molar-refractivity contribution in [2.75, 3.05) is 38.2 Å². The number of ether oxygens (including phenoxy) is 2. The van der Waals surface area contributed by atoms with E-state index >= 15 is 0 Å². The minimum atomic E-state index is -0.655. The van der Waals surface area contributed by atoms with Crippen LogP contribution in [0.4, 0.5) is 19.3 Å². The van der Waals surface area contributed by atoms with Crippen LogP contribution in [0.3, 0.4) is 0 Å². The highest BCUT2D eigenvalue weighted by molar-refractivity contribution is 5.97. The molecule has 6 nitrogen and oxygen atoms in total. The molecule has 38 heavy (non-hydrogen) atoms. The maximum absolute atomic E-state index is 14.8. The van der Waals surface area contributed by atoms with E-state index < -0.39 is 11.9 Å². The van der Waals surface area contributed by atoms with Crippen LogP contribution in [0.2, 0.25) is 0 Å². The lowest BCUT2D eigenvalue weighted by Crippen LogP contribution is -2.66. The van der Waals surface area contributed by atoms with Crippen LogP contribution < -0.4 is 9.64 Å². The Labute approximate surface area is 221 Å². The molecular weight excluding hydrogens is 490 g/mol. The summed E-state index contributed by atoms with van der Waals surface area (Å²) in [5.74, 6) is -0.00146. The molecule has 198 valence electrons. The van der Waals surface area contributed by atoms with Gasteiger partial charge in [0, 0.05) is 24.3 Å². The third-order valence-electron chi connectivity index (χ3n) is 7.80. The first-order valence-corrected chi connectivity index (χ1v) is 12.9. The van der Waals surface area contributed by atoms with Gasteiger partial charge in [-0.2, -0.15) is 0 Å². The lowest BCUT2D eigenvalue weighted by Gasteiger charge is -2.51. The minimum absolute atomic E-state index is 0.0351. The first-order valence-electron chi connectivity index (χ1n) is 12.9. The quantitative estimate of drug-likeness (QED) is 0.286. The molecule has 0 aliphatic carbocycles. The van der Waals surface area contributed by atoms with Gasteiger partial charge in [-0.25, -0.2) is 13.6 Å². The minimum Gasteiger partial charge on any atom is -0.497 e. The fourth-order valence-electron chi connectivity index (χ4n) is 5.63. The molecular formula is C30H31F2N2O4+. The number of carbonyl (C=O) groups excluding carboxylic acids is 2. The second kappa shape index (κ2) is 10.9. The number of para-hydroxylation sites is 1. The predicted octanol–water partition coefficient (Wildman–Crippen LogP) is 5.61. The average Bonchev–Trinajstić information content (AvgIpc) is 2.93. The van der Waals surface area contributed by atoms with Gasteiger partial charge in [0.15, 0.2) is 6.10 Å². The van der Waals surface area contributed by atoms with Crippen molar-refractivity contribution in [3.05, 3.63) is 95.6 Å². The molecule has 3 aliphatic heterocycles. The number of methoxy groups -OCH3 is 1. The summed E-state index contributed by atoms with van der Waals surface area (Å²) in [7, 11) is 1.58. The van der Waals surface area contributed by atoms with Gasteiger partial charge >= 0.3 is 6.09 Å². The number of nitrogens with zero attached hydrogens (tertiary/aromatic N) is 2. The van der Waals surface area contributed by atoms with Crippen LogP contribution in [0.1, 0.15) is 28.8 Å². The van der Waals surface area contributed by atoms with E-state index in [9.17, 15) is 18.4 Å². The number of quaternary nitrogens is 1. The van der Waals surface area contributed by atoms with Gasteiger partial charge in [-0.3, -0.25) is 9.69 Å². The van der Waals surface area contributed by atoms with Gasteiger partial charge in [0.05, 0.1) is 32.4 Å². The van der Waals surface area contributed by atoms with Crippen LogP contribution in [-0.2, 0) is 11.3 Å². The summed E-state index contributed by atoms with van der Waals surface area (Å²) in [6, 6.07) is 18.9. The van der Waals surface area contributed by atoms with Gasteiger partial charge in [0.1, 0.15) is 30.5 Å². The van der Waals surface area contributed by atoms with E-state index in [1.54, 1.807) is 55.6 Å². The fraction of sp³-hybridized carbons (Fsp3) is 0.333. The first kappa shape index (κ1) is 25.9. The summed E-state index contributed by atoms with van der Waals surface area (Å²) in [4.78, 5) is 27.9. The molecule has 2 bridgehead atoms. The van der Waals surface area contributed by atoms with E-state index in [2.05, 4.69) is 0 Å². The van der Waals surface area contributed by atoms with Crippen molar-refractivity contribution in [1.82, 2.24) is 0 Å². The van der Waals surface area contributed by atoms with E-state index in [1.165, 1.54) is 29.2 Å². The molecule has 0 radical (unpaired) electrons. The molecule has 0 aromatic heterocycles. The second-order valence-electron chi connectivity index (χ2n) is 10.2. The molecule has 3 heterocycles. The van der Waals surface area contributed by atoms with Gasteiger partial charge in [0.25, 0.3) is 0 Å². The number of fused-ring (bicyclic) bond motifs is 3. The Morgan fingerprint density at radius 3 is 2.29 bits per heavy atom. The second-order valence-corrected chi connectivity index (χ2v) is 10.2. The van der Waals surface area contributed by atoms with Crippen molar-refractivity contribution >= 4 is 17.6 Å². The van der Waals surface area contributed by atoms with Gasteiger partial charge < -0.3 is 14.0 Å². The van der Waals surface area contributed by atoms with Crippen LogP contribution in [0.15, 0.2) is 72.8 Å². The van der Waals surface area contributed by atoms with Crippen molar-refractivity contribution in [3.8, 4) is 5.75 Å². The first-order chi connectivity index (χ1) is 18.4. The molecule has 3 saturated heterocycles. The van der Waals surface area contributed by atoms with Crippen LogP contribution in [-0.4, -0.2) is 55.8 Å². The fourth-order valence-corrected chi connectivity index (χ4v) is 5.63. The van der Waals surface area contributed by atoms with Crippen LogP contribution in [0.25, 0.3) is 0 Å². The lowest BCUT2D eigenvalue weighted by molar-refractivity contribution is -0.938. The van der Waals surface area contributed by atoms with E-state index in [1.807, 2.05) is 0 Å². The Balaban J connectivity index is 1.32. The third kappa shape index (κ3) is 5.55. The van der Waals surface area contributed by atoms with E-state index in [0.29, 0.717) is 34.4 Å². The maximum Gasteiger partial charge on any atom is 0.415 e. The van der Waals surface area contributed by atoms with Crippen LogP contribution >= 0.6 is 0 Å². The summed E-state index contributed by atoms with van der Waals surface area (Å²) in [5, 5.41) is 0. The number of hydrogen-bond donors (Lipinski definition) is 0. The highest BCUT2D eigenvalue weighted by atomic mass is 19.1. The number of Topliss-reactive ketones (excluding diaryl/α,β-unsaturated/α-hetero) is 1. The highest BCUT2D eigenvalue weighted by Crippen LogP contribution is 2.36. The maximum atomic E-state index is 14.8. The zero-order valence-corrected chi connectivity index (χ0v) is 21.3. The molecule has 3 aliphatic rings. The zero-order valence-electron chi connectivity index (χ0n) is 21.3. The largest absolute Gasteiger partial charge is 0.497 e. The summed E-state index contributed by atoms with van der Waals surface area (Å²) >= 11 is 0. The summed E-state index contributed by atoms with van der Waals surface area (Å²) in [6.07, 6.45) is 0.672. The number of halogens is 2. The topological polar surface area (TPSA) is 55.8 Å². The summed E-state index contributed by atoms with van der Waals surface area (Å²) in [6.45, 7) is 2.62. The molecule has 0 saturated carbocycles. The van der Waals surface area contributed by atoms with Gasteiger partial charge in [0.2, 0.25) is 5.78 Å². The number of piperidine rings is 3. The van der Waals surface area contributed by atoms with Gasteiger partial charge in [-0.1, -0.05) is 24.3 Å². The molecule has 6 rings (SSSR count). The van der Waals surface area contributed by atoms with Crippen molar-refractivity contribution in [2.24, 2.45) is 5.92 Å². The number of benzene rings is 3. The van der Waals surface area contributed by atoms with E-state index in [-0.39, 0.29) is 35.9 Å². The Kier molecular flexibility index (Phi) is 7.42. The Bertz CT molecular complexity index is 1290. The molecule has 3 fully saturated rings. The van der Waals surface area contributed by atoms with Crippen molar-refractivity contribution < 1.29 is 32.3 Å². The van der Waals surface area contributed by atoms with Crippen molar-refractivity contribution in [1.29, 1.82) is 0 Å². The zero-order chi connectivity index (χ0) is 26.7. The number of ketones is 1. The highest BCUT2D eigenvalue weighted by Gasteiger charge is 2.49. The Morgan fingerprint density at radius 1 is 0.947 bits per heavy atom. The Hall–Kier alpha value is -3.78. The lowest BCUT2D eigenvalue weighted by atomic mass is 9.83. The SMILES string of the molecule is COc1ccc(C(=O)C[N+]23CCC(CC2)[C@@H](OC(=O)N(Cc2ccc(F)cc2)c2ccccc2F)C3)cc1. The van der Waals surface area contributed by atoms with E-state index in [0.717, 1.165) is 25.9 Å². The smallest absolute Gasteiger partial charge is 0.415 e. The van der Waals surface area contributed by atoms with Crippen molar-refractivity contribution in [2.45, 2.75) is 25.5 Å². The van der Waals surface area contributed by atoms with Crippen LogP contribution in [0, 0.1) is 17.6 Å². The van der Waals surface area contributed by atoms with Gasteiger partial charge in [-0.15, -0.1) is 0 Å². The van der Waals surface area contributed by atoms with Crippen molar-refractivity contribution in [3.63, 3.8) is 0 Å². The monoisotopic (exact) mass is 521 g/mol. The number of amides is 1. The molecule has 1 atom stereocenters.